The lowest BCUT2D eigenvalue weighted by Gasteiger charge is -2.38. The van der Waals surface area contributed by atoms with Crippen LogP contribution in [0.4, 0.5) is 5.69 Å². The number of rotatable bonds is 5. The highest BCUT2D eigenvalue weighted by molar-refractivity contribution is 6.03. The number of aromatic amines is 1. The van der Waals surface area contributed by atoms with E-state index in [0.717, 1.165) is 36.8 Å². The fourth-order valence-corrected chi connectivity index (χ4v) is 4.77. The summed E-state index contributed by atoms with van der Waals surface area (Å²) >= 11 is 0. The van der Waals surface area contributed by atoms with Gasteiger partial charge in [-0.2, -0.15) is 0 Å². The smallest absolute Gasteiger partial charge is 0.291 e. The van der Waals surface area contributed by atoms with Crippen LogP contribution in [-0.2, 0) is 14.9 Å². The van der Waals surface area contributed by atoms with E-state index in [-0.39, 0.29) is 17.6 Å². The van der Waals surface area contributed by atoms with Gasteiger partial charge in [0, 0.05) is 44.8 Å². The van der Waals surface area contributed by atoms with Crippen molar-refractivity contribution >= 4 is 23.1 Å². The zero-order valence-corrected chi connectivity index (χ0v) is 19.2. The molecule has 0 atom stereocenters. The number of terminal acetylenes is 1. The number of anilines is 1. The standard InChI is InChI=1S/C26H30N4O3/c1-4-20-17-27-23(28-20)24(31)29-22-11-10-19(16-21(22)18-8-6-5-7-9-18)26(25(32)30(2)3)12-14-33-15-13-26/h1,8,10-11,16-17H,5-7,9,12-15H2,2-3H3,(H,27,28)(H,29,31). The third-order valence-corrected chi connectivity index (χ3v) is 6.56. The molecule has 7 nitrogen and oxygen atoms in total. The molecule has 33 heavy (non-hydrogen) atoms. The average molecular weight is 447 g/mol. The van der Waals surface area contributed by atoms with Crippen LogP contribution in [-0.4, -0.2) is 54.0 Å². The number of carbonyl (C=O) groups is 2. The van der Waals surface area contributed by atoms with Crippen molar-refractivity contribution in [2.24, 2.45) is 0 Å². The first kappa shape index (κ1) is 22.8. The van der Waals surface area contributed by atoms with Crippen LogP contribution in [0.2, 0.25) is 0 Å². The molecule has 2 aromatic rings. The molecule has 0 unspecified atom stereocenters. The summed E-state index contributed by atoms with van der Waals surface area (Å²) in [4.78, 5) is 34.8. The van der Waals surface area contributed by atoms with E-state index in [1.807, 2.05) is 12.1 Å². The van der Waals surface area contributed by atoms with Crippen molar-refractivity contribution in [2.45, 2.75) is 43.9 Å². The number of allylic oxidation sites excluding steroid dienone is 2. The molecule has 4 rings (SSSR count). The number of H-pyrrole nitrogens is 1. The molecule has 0 spiro atoms. The summed E-state index contributed by atoms with van der Waals surface area (Å²) < 4.78 is 5.60. The van der Waals surface area contributed by atoms with Crippen LogP contribution in [0.25, 0.3) is 5.57 Å². The first-order valence-corrected chi connectivity index (χ1v) is 11.4. The van der Waals surface area contributed by atoms with E-state index in [4.69, 9.17) is 11.2 Å². The zero-order chi connectivity index (χ0) is 23.4. The van der Waals surface area contributed by atoms with E-state index in [9.17, 15) is 9.59 Å². The van der Waals surface area contributed by atoms with Crippen LogP contribution in [0.15, 0.2) is 30.5 Å². The summed E-state index contributed by atoms with van der Waals surface area (Å²) in [7, 11) is 3.60. The molecule has 1 aliphatic carbocycles. The Kier molecular flexibility index (Phi) is 6.66. The molecular formula is C26H30N4O3. The van der Waals surface area contributed by atoms with Gasteiger partial charge < -0.3 is 19.9 Å². The van der Waals surface area contributed by atoms with Gasteiger partial charge in [0.15, 0.2) is 5.82 Å². The number of nitrogens with one attached hydrogen (secondary N) is 2. The van der Waals surface area contributed by atoms with E-state index in [0.29, 0.717) is 37.4 Å². The lowest BCUT2D eigenvalue weighted by Crippen LogP contribution is -2.47. The molecular weight excluding hydrogens is 416 g/mol. The van der Waals surface area contributed by atoms with Gasteiger partial charge in [-0.15, -0.1) is 6.42 Å². The molecule has 2 aliphatic rings. The van der Waals surface area contributed by atoms with Crippen LogP contribution in [0.1, 0.15) is 66.0 Å². The molecule has 1 aromatic carbocycles. The third kappa shape index (κ3) is 4.57. The Balaban J connectivity index is 1.75. The Morgan fingerprint density at radius 3 is 2.67 bits per heavy atom. The Hall–Kier alpha value is -3.37. The van der Waals surface area contributed by atoms with Crippen LogP contribution in [0.5, 0.6) is 0 Å². The van der Waals surface area contributed by atoms with Crippen LogP contribution >= 0.6 is 0 Å². The highest BCUT2D eigenvalue weighted by Gasteiger charge is 2.43. The molecule has 0 radical (unpaired) electrons. The van der Waals surface area contributed by atoms with Crippen LogP contribution in [0.3, 0.4) is 0 Å². The summed E-state index contributed by atoms with van der Waals surface area (Å²) in [5, 5.41) is 2.99. The molecule has 2 heterocycles. The average Bonchev–Trinajstić information content (AvgIpc) is 3.34. The van der Waals surface area contributed by atoms with Crippen LogP contribution in [0, 0.1) is 12.3 Å². The molecule has 1 fully saturated rings. The molecule has 0 bridgehead atoms. The Bertz CT molecular complexity index is 1120. The van der Waals surface area contributed by atoms with Crippen molar-refractivity contribution in [3.05, 3.63) is 53.1 Å². The number of likely N-dealkylation sites (N-methyl/N-ethyl adjacent to an activating group) is 1. The first-order valence-electron chi connectivity index (χ1n) is 11.4. The SMILES string of the molecule is C#Cc1c[nH]c(C(=O)Nc2ccc(C3(C(=O)N(C)C)CCOCC3)cc2C2=CCCCC2)n1. The van der Waals surface area contributed by atoms with E-state index in [2.05, 4.69) is 33.3 Å². The second-order valence-electron chi connectivity index (χ2n) is 8.86. The van der Waals surface area contributed by atoms with Crippen molar-refractivity contribution in [1.82, 2.24) is 14.9 Å². The van der Waals surface area contributed by atoms with Gasteiger partial charge >= 0.3 is 0 Å². The van der Waals surface area contributed by atoms with Crippen molar-refractivity contribution in [3.63, 3.8) is 0 Å². The molecule has 2 N–H and O–H groups in total. The van der Waals surface area contributed by atoms with Gasteiger partial charge in [-0.25, -0.2) is 4.98 Å². The minimum Gasteiger partial charge on any atom is -0.381 e. The molecule has 1 aromatic heterocycles. The number of imidazole rings is 1. The minimum atomic E-state index is -0.628. The Morgan fingerprint density at radius 1 is 1.24 bits per heavy atom. The minimum absolute atomic E-state index is 0.0866. The van der Waals surface area contributed by atoms with Gasteiger partial charge in [0.05, 0.1) is 5.41 Å². The lowest BCUT2D eigenvalue weighted by molar-refractivity contribution is -0.138. The molecule has 1 aliphatic heterocycles. The Morgan fingerprint density at radius 2 is 2.03 bits per heavy atom. The number of carbonyl (C=O) groups excluding carboxylic acids is 2. The van der Waals surface area contributed by atoms with Crippen LogP contribution < -0.4 is 5.32 Å². The maximum absolute atomic E-state index is 13.3. The van der Waals surface area contributed by atoms with Gasteiger partial charge in [0.25, 0.3) is 5.91 Å². The predicted octanol–water partition coefficient (Wildman–Crippen LogP) is 3.74. The number of hydrogen-bond donors (Lipinski definition) is 2. The normalized spacial score (nSPS) is 17.5. The van der Waals surface area contributed by atoms with E-state index >= 15 is 0 Å². The summed E-state index contributed by atoms with van der Waals surface area (Å²) in [5.74, 6) is 2.32. The molecule has 2 amide bonds. The third-order valence-electron chi connectivity index (χ3n) is 6.56. The first-order chi connectivity index (χ1) is 15.9. The van der Waals surface area contributed by atoms with Gasteiger partial charge in [-0.3, -0.25) is 9.59 Å². The summed E-state index contributed by atoms with van der Waals surface area (Å²) in [6, 6.07) is 5.96. The summed E-state index contributed by atoms with van der Waals surface area (Å²) in [6.45, 7) is 1.10. The second-order valence-corrected chi connectivity index (χ2v) is 8.86. The molecule has 0 saturated carbocycles. The van der Waals surface area contributed by atoms with Gasteiger partial charge in [0.1, 0.15) is 5.69 Å². The largest absolute Gasteiger partial charge is 0.381 e. The number of aromatic nitrogens is 2. The fraction of sp³-hybridized carbons (Fsp3) is 0.423. The summed E-state index contributed by atoms with van der Waals surface area (Å²) in [6.07, 6.45) is 14.6. The number of hydrogen-bond acceptors (Lipinski definition) is 4. The monoisotopic (exact) mass is 446 g/mol. The molecule has 7 heteroatoms. The number of benzene rings is 1. The molecule has 1 saturated heterocycles. The predicted molar refractivity (Wildman–Crippen MR) is 128 cm³/mol. The van der Waals surface area contributed by atoms with Crippen molar-refractivity contribution in [2.75, 3.05) is 32.6 Å². The maximum atomic E-state index is 13.3. The maximum Gasteiger partial charge on any atom is 0.291 e. The van der Waals surface area contributed by atoms with Crippen molar-refractivity contribution in [3.8, 4) is 12.3 Å². The number of nitrogens with zero attached hydrogens (tertiary/aromatic N) is 2. The number of amides is 2. The van der Waals surface area contributed by atoms with Crippen molar-refractivity contribution < 1.29 is 14.3 Å². The zero-order valence-electron chi connectivity index (χ0n) is 19.2. The van der Waals surface area contributed by atoms with Gasteiger partial charge in [0.2, 0.25) is 5.91 Å². The van der Waals surface area contributed by atoms with Gasteiger partial charge in [-0.1, -0.05) is 12.1 Å². The Labute approximate surface area is 194 Å². The van der Waals surface area contributed by atoms with E-state index in [1.165, 1.54) is 11.8 Å². The van der Waals surface area contributed by atoms with Gasteiger partial charge in [-0.05, 0) is 67.7 Å². The highest BCUT2D eigenvalue weighted by Crippen LogP contribution is 2.40. The number of ether oxygens (including phenoxy) is 1. The highest BCUT2D eigenvalue weighted by atomic mass is 16.5. The van der Waals surface area contributed by atoms with E-state index in [1.54, 1.807) is 19.0 Å². The topological polar surface area (TPSA) is 87.3 Å². The summed E-state index contributed by atoms with van der Waals surface area (Å²) in [5.41, 5.74) is 3.58. The van der Waals surface area contributed by atoms with E-state index < -0.39 is 5.41 Å². The fourth-order valence-electron chi connectivity index (χ4n) is 4.77. The second kappa shape index (κ2) is 9.63. The molecule has 172 valence electrons. The lowest BCUT2D eigenvalue weighted by atomic mass is 9.72. The van der Waals surface area contributed by atoms with Crippen molar-refractivity contribution in [1.29, 1.82) is 0 Å². The quantitative estimate of drug-likeness (QED) is 0.685.